The first-order valence-corrected chi connectivity index (χ1v) is 8.36. The number of nitrogens with zero attached hydrogens (tertiary/aromatic N) is 1. The number of ether oxygens (including phenoxy) is 1. The zero-order valence-corrected chi connectivity index (χ0v) is 13.7. The highest BCUT2D eigenvalue weighted by molar-refractivity contribution is 7.12. The summed E-state index contributed by atoms with van der Waals surface area (Å²) in [5.41, 5.74) is 2.07. The Kier molecular flexibility index (Phi) is 4.62. The Balaban J connectivity index is 1.55. The quantitative estimate of drug-likeness (QED) is 0.916. The summed E-state index contributed by atoms with van der Waals surface area (Å²) in [5.74, 6) is 0.709. The second-order valence-corrected chi connectivity index (χ2v) is 6.22. The number of hydrogen-bond acceptors (Lipinski definition) is 4. The molecule has 1 aliphatic rings. The number of nitrogens with one attached hydrogen (secondary N) is 1. The van der Waals surface area contributed by atoms with Crippen molar-refractivity contribution in [3.63, 3.8) is 0 Å². The summed E-state index contributed by atoms with van der Waals surface area (Å²) >= 11 is 1.39. The van der Waals surface area contributed by atoms with Crippen LogP contribution in [-0.4, -0.2) is 32.0 Å². The first-order chi connectivity index (χ1) is 11.2. The minimum absolute atomic E-state index is 0.0281. The molecule has 0 fully saturated rings. The van der Waals surface area contributed by atoms with E-state index in [0.29, 0.717) is 24.4 Å². The molecule has 2 aromatic rings. The molecule has 1 aromatic carbocycles. The normalized spacial score (nSPS) is 12.8. The highest BCUT2D eigenvalue weighted by atomic mass is 32.1. The summed E-state index contributed by atoms with van der Waals surface area (Å²) in [4.78, 5) is 26.7. The lowest BCUT2D eigenvalue weighted by molar-refractivity contribution is -0.118. The molecule has 0 saturated heterocycles. The molecule has 2 amide bonds. The molecule has 0 atom stereocenters. The first-order valence-electron chi connectivity index (χ1n) is 7.48. The molecule has 0 unspecified atom stereocenters. The van der Waals surface area contributed by atoms with Gasteiger partial charge in [0.2, 0.25) is 5.91 Å². The molecule has 5 nitrogen and oxygen atoms in total. The number of amides is 2. The zero-order chi connectivity index (χ0) is 16.2. The molecule has 1 N–H and O–H groups in total. The van der Waals surface area contributed by atoms with Gasteiger partial charge in [-0.15, -0.1) is 11.3 Å². The van der Waals surface area contributed by atoms with Crippen LogP contribution in [0.2, 0.25) is 0 Å². The van der Waals surface area contributed by atoms with Crippen LogP contribution in [0.3, 0.4) is 0 Å². The number of anilines is 1. The predicted molar refractivity (Wildman–Crippen MR) is 90.3 cm³/mol. The van der Waals surface area contributed by atoms with Crippen LogP contribution < -0.4 is 15.0 Å². The van der Waals surface area contributed by atoms with Crippen molar-refractivity contribution < 1.29 is 14.3 Å². The van der Waals surface area contributed by atoms with Crippen LogP contribution in [0.1, 0.15) is 21.7 Å². The average molecular weight is 330 g/mol. The Morgan fingerprint density at radius 3 is 2.96 bits per heavy atom. The van der Waals surface area contributed by atoms with E-state index in [1.807, 2.05) is 29.6 Å². The predicted octanol–water partition coefficient (Wildman–Crippen LogP) is 2.47. The van der Waals surface area contributed by atoms with Crippen LogP contribution in [0, 0.1) is 0 Å². The lowest BCUT2D eigenvalue weighted by atomic mass is 10.1. The molecule has 120 valence electrons. The third-order valence-corrected chi connectivity index (χ3v) is 4.72. The maximum Gasteiger partial charge on any atom is 0.261 e. The summed E-state index contributed by atoms with van der Waals surface area (Å²) in [6, 6.07) is 9.36. The van der Waals surface area contributed by atoms with E-state index < -0.39 is 0 Å². The van der Waals surface area contributed by atoms with Gasteiger partial charge in [0.25, 0.3) is 5.91 Å². The first kappa shape index (κ1) is 15.6. The molecular formula is C17H18N2O3S. The second-order valence-electron chi connectivity index (χ2n) is 5.27. The van der Waals surface area contributed by atoms with E-state index in [4.69, 9.17) is 4.74 Å². The monoisotopic (exact) mass is 330 g/mol. The SMILES string of the molecule is COc1ccc2c(c1)CCN2C(=O)CCNC(=O)c1cccs1. The molecule has 2 heterocycles. The van der Waals surface area contributed by atoms with Crippen molar-refractivity contribution in [1.29, 1.82) is 0 Å². The van der Waals surface area contributed by atoms with Gasteiger partial charge in [-0.05, 0) is 41.6 Å². The summed E-state index contributed by atoms with van der Waals surface area (Å²) in [7, 11) is 1.63. The zero-order valence-electron chi connectivity index (χ0n) is 12.9. The fourth-order valence-electron chi connectivity index (χ4n) is 2.68. The lowest BCUT2D eigenvalue weighted by Crippen LogP contribution is -2.33. The Morgan fingerprint density at radius 1 is 1.35 bits per heavy atom. The maximum atomic E-state index is 12.4. The van der Waals surface area contributed by atoms with Gasteiger partial charge in [-0.3, -0.25) is 9.59 Å². The topological polar surface area (TPSA) is 58.6 Å². The van der Waals surface area contributed by atoms with Crippen molar-refractivity contribution in [3.05, 3.63) is 46.2 Å². The summed E-state index contributed by atoms with van der Waals surface area (Å²) in [6.07, 6.45) is 1.13. The van der Waals surface area contributed by atoms with E-state index in [-0.39, 0.29) is 11.8 Å². The van der Waals surface area contributed by atoms with Gasteiger partial charge in [-0.25, -0.2) is 0 Å². The van der Waals surface area contributed by atoms with Gasteiger partial charge >= 0.3 is 0 Å². The van der Waals surface area contributed by atoms with E-state index >= 15 is 0 Å². The van der Waals surface area contributed by atoms with Crippen LogP contribution in [0.5, 0.6) is 5.75 Å². The van der Waals surface area contributed by atoms with Gasteiger partial charge in [0, 0.05) is 25.2 Å². The highest BCUT2D eigenvalue weighted by Gasteiger charge is 2.24. The Hall–Kier alpha value is -2.34. The van der Waals surface area contributed by atoms with Gasteiger partial charge in [0.15, 0.2) is 0 Å². The van der Waals surface area contributed by atoms with E-state index in [1.54, 1.807) is 18.1 Å². The van der Waals surface area contributed by atoms with Gasteiger partial charge < -0.3 is 15.0 Å². The van der Waals surface area contributed by atoms with Crippen LogP contribution in [0.4, 0.5) is 5.69 Å². The molecular weight excluding hydrogens is 312 g/mol. The molecule has 3 rings (SSSR count). The van der Waals surface area contributed by atoms with E-state index in [1.165, 1.54) is 11.3 Å². The molecule has 1 aromatic heterocycles. The molecule has 23 heavy (non-hydrogen) atoms. The van der Waals surface area contributed by atoms with E-state index in [2.05, 4.69) is 5.32 Å². The van der Waals surface area contributed by atoms with Crippen LogP contribution in [0.25, 0.3) is 0 Å². The van der Waals surface area contributed by atoms with Gasteiger partial charge in [-0.1, -0.05) is 6.07 Å². The number of thiophene rings is 1. The van der Waals surface area contributed by atoms with Gasteiger partial charge in [0.1, 0.15) is 5.75 Å². The minimum Gasteiger partial charge on any atom is -0.497 e. The third kappa shape index (κ3) is 3.37. The average Bonchev–Trinajstić information content (AvgIpc) is 3.23. The Bertz CT molecular complexity index is 713. The van der Waals surface area contributed by atoms with Crippen molar-refractivity contribution >= 4 is 28.8 Å². The number of hydrogen-bond donors (Lipinski definition) is 1. The third-order valence-electron chi connectivity index (χ3n) is 3.85. The standard InChI is InChI=1S/C17H18N2O3S/c1-22-13-4-5-14-12(11-13)7-9-19(14)16(20)6-8-18-17(21)15-3-2-10-23-15/h2-5,10-11H,6-9H2,1H3,(H,18,21). The summed E-state index contributed by atoms with van der Waals surface area (Å²) < 4.78 is 5.21. The van der Waals surface area contributed by atoms with Crippen molar-refractivity contribution in [3.8, 4) is 5.75 Å². The Morgan fingerprint density at radius 2 is 2.22 bits per heavy atom. The Labute approximate surface area is 138 Å². The van der Waals surface area contributed by atoms with Crippen molar-refractivity contribution in [2.45, 2.75) is 12.8 Å². The van der Waals surface area contributed by atoms with Gasteiger partial charge in [-0.2, -0.15) is 0 Å². The number of fused-ring (bicyclic) bond motifs is 1. The number of benzene rings is 1. The fourth-order valence-corrected chi connectivity index (χ4v) is 3.32. The van der Waals surface area contributed by atoms with E-state index in [9.17, 15) is 9.59 Å². The molecule has 1 aliphatic heterocycles. The second kappa shape index (κ2) is 6.83. The molecule has 0 saturated carbocycles. The number of carbonyl (C=O) groups is 2. The van der Waals surface area contributed by atoms with Gasteiger partial charge in [0.05, 0.1) is 12.0 Å². The number of rotatable bonds is 5. The molecule has 0 bridgehead atoms. The van der Waals surface area contributed by atoms with Crippen LogP contribution in [0.15, 0.2) is 35.7 Å². The smallest absolute Gasteiger partial charge is 0.261 e. The van der Waals surface area contributed by atoms with Crippen molar-refractivity contribution in [2.24, 2.45) is 0 Å². The molecule has 0 spiro atoms. The fraction of sp³-hybridized carbons (Fsp3) is 0.294. The lowest BCUT2D eigenvalue weighted by Gasteiger charge is -2.17. The van der Waals surface area contributed by atoms with E-state index in [0.717, 1.165) is 23.4 Å². The van der Waals surface area contributed by atoms with Crippen LogP contribution in [-0.2, 0) is 11.2 Å². The number of carbonyl (C=O) groups excluding carboxylic acids is 2. The van der Waals surface area contributed by atoms with Crippen molar-refractivity contribution in [2.75, 3.05) is 25.1 Å². The number of methoxy groups -OCH3 is 1. The summed E-state index contributed by atoms with van der Waals surface area (Å²) in [6.45, 7) is 1.03. The minimum atomic E-state index is -0.126. The maximum absolute atomic E-state index is 12.4. The molecule has 0 aliphatic carbocycles. The highest BCUT2D eigenvalue weighted by Crippen LogP contribution is 2.31. The van der Waals surface area contributed by atoms with Crippen molar-refractivity contribution in [1.82, 2.24) is 5.32 Å². The molecule has 6 heteroatoms. The van der Waals surface area contributed by atoms with Crippen LogP contribution >= 0.6 is 11.3 Å². The summed E-state index contributed by atoms with van der Waals surface area (Å²) in [5, 5.41) is 4.64. The molecule has 0 radical (unpaired) electrons. The largest absolute Gasteiger partial charge is 0.497 e.